The molecule has 0 aromatic heterocycles. The molecule has 2 aliphatic rings. The van der Waals surface area contributed by atoms with E-state index in [1.54, 1.807) is 16.7 Å². The SMILES string of the molecule is CCCCCCC1(CCCCCC)c2ccccc2-c2ccc(N(CC)c3ccc(-c4ccc5c6ccc(-c7ccc(N(c8ccccc8)c8ccc9c(c8)C(CCCCCC)(CCCCCC)c8ccccc8-9)cc7)cc6c6ccccc6c5c4)cc3)cc21. The summed E-state index contributed by atoms with van der Waals surface area (Å²) in [6.07, 6.45) is 25.4. The molecule has 0 saturated carbocycles. The maximum Gasteiger partial charge on any atom is 0.0465 e. The van der Waals surface area contributed by atoms with Gasteiger partial charge in [-0.25, -0.2) is 0 Å². The molecule has 0 radical (unpaired) electrons. The minimum Gasteiger partial charge on any atom is -0.342 e. The molecule has 13 rings (SSSR count). The molecule has 0 atom stereocenters. The maximum absolute atomic E-state index is 2.59. The van der Waals surface area contributed by atoms with Gasteiger partial charge >= 0.3 is 0 Å². The van der Waals surface area contributed by atoms with Gasteiger partial charge in [0.1, 0.15) is 0 Å². The number of hydrogen-bond donors (Lipinski definition) is 0. The zero-order valence-electron chi connectivity index (χ0n) is 54.6. The molecule has 0 bridgehead atoms. The molecule has 0 aliphatic heterocycles. The van der Waals surface area contributed by atoms with Crippen molar-refractivity contribution >= 4 is 60.8 Å². The van der Waals surface area contributed by atoms with Crippen LogP contribution in [0.4, 0.5) is 28.4 Å². The first-order valence-electron chi connectivity index (χ1n) is 35.1. The fraction of sp³-hybridized carbons (Fsp3) is 0.318. The zero-order valence-corrected chi connectivity index (χ0v) is 54.6. The second-order valence-electron chi connectivity index (χ2n) is 26.5. The fourth-order valence-electron chi connectivity index (χ4n) is 16.4. The molecule has 11 aromatic rings. The van der Waals surface area contributed by atoms with Crippen LogP contribution in [0.25, 0.3) is 76.8 Å². The Bertz CT molecular complexity index is 4200. The third-order valence-corrected chi connectivity index (χ3v) is 21.0. The molecule has 2 aliphatic carbocycles. The summed E-state index contributed by atoms with van der Waals surface area (Å²) in [5, 5.41) is 7.73. The van der Waals surface area contributed by atoms with E-state index in [-0.39, 0.29) is 10.8 Å². The largest absolute Gasteiger partial charge is 0.342 e. The van der Waals surface area contributed by atoms with Gasteiger partial charge in [-0.2, -0.15) is 0 Å². The minimum atomic E-state index is 0.0154. The highest BCUT2D eigenvalue weighted by atomic mass is 15.1. The first-order chi connectivity index (χ1) is 44.4. The Kier molecular flexibility index (Phi) is 18.5. The van der Waals surface area contributed by atoms with Gasteiger partial charge in [0.2, 0.25) is 0 Å². The number of rotatable bonds is 28. The summed E-state index contributed by atoms with van der Waals surface area (Å²) >= 11 is 0. The van der Waals surface area contributed by atoms with Crippen molar-refractivity contribution in [3.05, 3.63) is 247 Å². The Hall–Kier alpha value is -8.20. The normalized spacial score (nSPS) is 13.4. The lowest BCUT2D eigenvalue weighted by molar-refractivity contribution is 0.401. The van der Waals surface area contributed by atoms with Crippen molar-refractivity contribution in [1.82, 2.24) is 0 Å². The topological polar surface area (TPSA) is 6.48 Å². The van der Waals surface area contributed by atoms with Gasteiger partial charge < -0.3 is 9.80 Å². The lowest BCUT2D eigenvalue weighted by Crippen LogP contribution is -2.26. The van der Waals surface area contributed by atoms with Crippen LogP contribution in [0.1, 0.15) is 185 Å². The Morgan fingerprint density at radius 1 is 0.244 bits per heavy atom. The van der Waals surface area contributed by atoms with E-state index in [9.17, 15) is 0 Å². The van der Waals surface area contributed by atoms with Gasteiger partial charge in [0.25, 0.3) is 0 Å². The highest BCUT2D eigenvalue weighted by Gasteiger charge is 2.44. The summed E-state index contributed by atoms with van der Waals surface area (Å²) < 4.78 is 0. The summed E-state index contributed by atoms with van der Waals surface area (Å²) in [4.78, 5) is 5.01. The number of hydrogen-bond acceptors (Lipinski definition) is 2. The molecule has 0 spiro atoms. The number of anilines is 5. The van der Waals surface area contributed by atoms with Crippen molar-refractivity contribution < 1.29 is 0 Å². The van der Waals surface area contributed by atoms with Crippen LogP contribution in [0.15, 0.2) is 224 Å². The number of para-hydroxylation sites is 1. The highest BCUT2D eigenvalue weighted by Crippen LogP contribution is 2.57. The molecule has 2 nitrogen and oxygen atoms in total. The van der Waals surface area contributed by atoms with E-state index in [4.69, 9.17) is 0 Å². The van der Waals surface area contributed by atoms with Gasteiger partial charge in [-0.15, -0.1) is 0 Å². The van der Waals surface area contributed by atoms with Crippen molar-refractivity contribution in [1.29, 1.82) is 0 Å². The maximum atomic E-state index is 2.59. The first kappa shape index (κ1) is 60.7. The van der Waals surface area contributed by atoms with E-state index in [1.807, 2.05) is 0 Å². The molecule has 90 heavy (non-hydrogen) atoms. The zero-order chi connectivity index (χ0) is 61.4. The molecule has 0 saturated heterocycles. The molecule has 0 amide bonds. The van der Waals surface area contributed by atoms with Crippen LogP contribution >= 0.6 is 0 Å². The quantitative estimate of drug-likeness (QED) is 0.0356. The smallest absolute Gasteiger partial charge is 0.0465 e. The van der Waals surface area contributed by atoms with Gasteiger partial charge in [0.15, 0.2) is 0 Å². The van der Waals surface area contributed by atoms with Crippen LogP contribution in [0.3, 0.4) is 0 Å². The van der Waals surface area contributed by atoms with E-state index >= 15 is 0 Å². The Balaban J connectivity index is 0.796. The summed E-state index contributed by atoms with van der Waals surface area (Å²) in [7, 11) is 0. The van der Waals surface area contributed by atoms with Crippen LogP contribution in [0.2, 0.25) is 0 Å². The van der Waals surface area contributed by atoms with E-state index < -0.39 is 0 Å². The van der Waals surface area contributed by atoms with Gasteiger partial charge in [0, 0.05) is 45.8 Å². The number of unbranched alkanes of at least 4 members (excludes halogenated alkanes) is 12. The Labute approximate surface area is 539 Å². The summed E-state index contributed by atoms with van der Waals surface area (Å²) in [6, 6.07) is 86.7. The number of fused-ring (bicyclic) bond motifs is 12. The standard InChI is InChI=1S/C88H94N2/c1-6-11-15-28-56-87(57-29-16-12-7-2)83-38-26-24-36-77(83)79-54-50-71(62-85(79)87)89(10-5)68-46-40-64(41-47-68)66-44-52-75-76-53-45-67(61-82(76)74-35-23-22-34-73(74)81(75)60-66)65-42-48-70(49-43-65)90(69-32-20-19-21-33-69)72-51-55-80-78-37-25-27-39-84(78)88(86(80)63-72,58-30-17-13-8-3)59-31-18-14-9-4/h19-27,32-55,60-63H,6-18,28-31,56-59H2,1-5H3. The van der Waals surface area contributed by atoms with Crippen molar-refractivity contribution in [2.75, 3.05) is 16.3 Å². The van der Waals surface area contributed by atoms with Crippen LogP contribution in [0, 0.1) is 0 Å². The molecule has 0 fully saturated rings. The van der Waals surface area contributed by atoms with Gasteiger partial charge in [-0.1, -0.05) is 282 Å². The molecule has 0 N–H and O–H groups in total. The average molecular weight is 1180 g/mol. The van der Waals surface area contributed by atoms with Crippen LogP contribution in [0.5, 0.6) is 0 Å². The molecule has 0 heterocycles. The molecule has 11 aromatic carbocycles. The Morgan fingerprint density at radius 3 is 1.06 bits per heavy atom. The lowest BCUT2D eigenvalue weighted by atomic mass is 9.70. The van der Waals surface area contributed by atoms with Gasteiger partial charge in [0.05, 0.1) is 0 Å². The Morgan fingerprint density at radius 2 is 0.600 bits per heavy atom. The number of nitrogens with zero attached hydrogens (tertiary/aromatic N) is 2. The van der Waals surface area contributed by atoms with Crippen LogP contribution in [-0.4, -0.2) is 6.54 Å². The van der Waals surface area contributed by atoms with Crippen molar-refractivity contribution in [3.63, 3.8) is 0 Å². The van der Waals surface area contributed by atoms with E-state index in [2.05, 4.69) is 269 Å². The molecule has 0 unspecified atom stereocenters. The molecule has 456 valence electrons. The second-order valence-corrected chi connectivity index (χ2v) is 26.5. The molecular formula is C88H94N2. The van der Waals surface area contributed by atoms with Crippen molar-refractivity contribution in [3.8, 4) is 44.5 Å². The van der Waals surface area contributed by atoms with Crippen molar-refractivity contribution in [2.45, 2.75) is 174 Å². The third kappa shape index (κ3) is 11.6. The second kappa shape index (κ2) is 27.5. The summed E-state index contributed by atoms with van der Waals surface area (Å²) in [5.74, 6) is 0. The van der Waals surface area contributed by atoms with Gasteiger partial charge in [-0.05, 0) is 204 Å². The lowest BCUT2D eigenvalue weighted by Gasteiger charge is -2.34. The predicted molar refractivity (Wildman–Crippen MR) is 391 cm³/mol. The third-order valence-electron chi connectivity index (χ3n) is 21.0. The summed E-state index contributed by atoms with van der Waals surface area (Å²) in [6.45, 7) is 12.5. The molecular weight excluding hydrogens is 1080 g/mol. The highest BCUT2D eigenvalue weighted by molar-refractivity contribution is 6.26. The molecule has 2 heteroatoms. The monoisotopic (exact) mass is 1180 g/mol. The number of benzene rings is 11. The average Bonchev–Trinajstić information content (AvgIpc) is 1.49. The van der Waals surface area contributed by atoms with E-state index in [0.29, 0.717) is 0 Å². The minimum absolute atomic E-state index is 0.0154. The summed E-state index contributed by atoms with van der Waals surface area (Å²) in [5.41, 5.74) is 23.0. The van der Waals surface area contributed by atoms with Crippen LogP contribution in [-0.2, 0) is 10.8 Å². The fourth-order valence-corrected chi connectivity index (χ4v) is 16.4. The predicted octanol–water partition coefficient (Wildman–Crippen LogP) is 26.5. The van der Waals surface area contributed by atoms with Crippen molar-refractivity contribution in [2.24, 2.45) is 0 Å². The first-order valence-corrected chi connectivity index (χ1v) is 35.1. The van der Waals surface area contributed by atoms with Gasteiger partial charge in [-0.3, -0.25) is 0 Å². The van der Waals surface area contributed by atoms with E-state index in [0.717, 1.165) is 12.2 Å². The van der Waals surface area contributed by atoms with E-state index in [1.165, 1.54) is 234 Å². The van der Waals surface area contributed by atoms with Crippen LogP contribution < -0.4 is 9.80 Å².